The number of fused-ring (bicyclic) bond motifs is 1. The molecule has 3 rings (SSSR count). The van der Waals surface area contributed by atoms with E-state index in [4.69, 9.17) is 0 Å². The van der Waals surface area contributed by atoms with Crippen molar-refractivity contribution in [1.82, 2.24) is 10.3 Å². The lowest BCUT2D eigenvalue weighted by molar-refractivity contribution is -0.120. The Balaban J connectivity index is 1.83. The second-order valence-corrected chi connectivity index (χ2v) is 6.75. The number of para-hydroxylation sites is 1. The van der Waals surface area contributed by atoms with E-state index in [9.17, 15) is 9.59 Å². The highest BCUT2D eigenvalue weighted by Gasteiger charge is 2.27. The molecule has 0 saturated carbocycles. The predicted octanol–water partition coefficient (Wildman–Crippen LogP) is 3.23. The van der Waals surface area contributed by atoms with Crippen LogP contribution in [0.2, 0.25) is 0 Å². The molecule has 0 aliphatic heterocycles. The predicted molar refractivity (Wildman–Crippen MR) is 103 cm³/mol. The maximum absolute atomic E-state index is 13.0. The number of aromatic nitrogens is 1. The van der Waals surface area contributed by atoms with Crippen molar-refractivity contribution in [2.45, 2.75) is 12.5 Å². The molecule has 2 aromatic carbocycles. The van der Waals surface area contributed by atoms with Gasteiger partial charge in [-0.1, -0.05) is 53.8 Å². The van der Waals surface area contributed by atoms with Gasteiger partial charge >= 0.3 is 6.09 Å². The molecule has 0 aliphatic rings. The molecule has 0 spiro atoms. The Morgan fingerprint density at radius 2 is 1.85 bits per heavy atom. The minimum absolute atomic E-state index is 0.252. The van der Waals surface area contributed by atoms with Crippen molar-refractivity contribution in [3.8, 4) is 0 Å². The van der Waals surface area contributed by atoms with Gasteiger partial charge in [0.15, 0.2) is 5.13 Å². The standard InChI is InChI=1S/C19H19N3O3S/c1-22(18-20-14-10-6-7-11-16(14)26-18)17(23)15(21-19(24)25-2)12-13-8-4-3-5-9-13/h3-11,15H,12H2,1-2H3,(H,21,24). The first-order chi connectivity index (χ1) is 12.6. The van der Waals surface area contributed by atoms with Crippen LogP contribution in [0.4, 0.5) is 9.93 Å². The number of carbonyl (C=O) groups excluding carboxylic acids is 2. The topological polar surface area (TPSA) is 71.5 Å². The van der Waals surface area contributed by atoms with Gasteiger partial charge in [0.2, 0.25) is 0 Å². The smallest absolute Gasteiger partial charge is 0.407 e. The van der Waals surface area contributed by atoms with Crippen LogP contribution >= 0.6 is 11.3 Å². The summed E-state index contributed by atoms with van der Waals surface area (Å²) in [4.78, 5) is 30.7. The van der Waals surface area contributed by atoms with Crippen molar-refractivity contribution in [1.29, 1.82) is 0 Å². The van der Waals surface area contributed by atoms with Crippen LogP contribution in [0.25, 0.3) is 10.2 Å². The molecule has 7 heteroatoms. The Labute approximate surface area is 155 Å². The third-order valence-electron chi connectivity index (χ3n) is 3.96. The second kappa shape index (κ2) is 7.97. The van der Waals surface area contributed by atoms with Crippen LogP contribution in [-0.4, -0.2) is 37.2 Å². The molecule has 0 saturated heterocycles. The van der Waals surface area contributed by atoms with Crippen molar-refractivity contribution in [2.24, 2.45) is 0 Å². The fourth-order valence-electron chi connectivity index (χ4n) is 2.58. The van der Waals surface area contributed by atoms with E-state index in [1.165, 1.54) is 23.3 Å². The van der Waals surface area contributed by atoms with E-state index in [1.54, 1.807) is 7.05 Å². The molecule has 1 N–H and O–H groups in total. The second-order valence-electron chi connectivity index (χ2n) is 5.74. The first-order valence-corrected chi connectivity index (χ1v) is 8.91. The van der Waals surface area contributed by atoms with Crippen LogP contribution in [-0.2, 0) is 16.0 Å². The molecule has 0 bridgehead atoms. The number of nitrogens with one attached hydrogen (secondary N) is 1. The number of hydrogen-bond donors (Lipinski definition) is 1. The van der Waals surface area contributed by atoms with Gasteiger partial charge in [-0.05, 0) is 17.7 Å². The van der Waals surface area contributed by atoms with Crippen molar-refractivity contribution in [3.05, 3.63) is 60.2 Å². The number of anilines is 1. The fraction of sp³-hybridized carbons (Fsp3) is 0.211. The highest BCUT2D eigenvalue weighted by Crippen LogP contribution is 2.28. The summed E-state index contributed by atoms with van der Waals surface area (Å²) in [6.07, 6.45) is -0.277. The molecule has 3 aromatic rings. The minimum atomic E-state index is -0.748. The van der Waals surface area contributed by atoms with E-state index in [0.29, 0.717) is 11.6 Å². The lowest BCUT2D eigenvalue weighted by Crippen LogP contribution is -2.48. The number of nitrogens with zero attached hydrogens (tertiary/aromatic N) is 2. The SMILES string of the molecule is COC(=O)NC(Cc1ccccc1)C(=O)N(C)c1nc2ccccc2s1. The molecular weight excluding hydrogens is 350 g/mol. The zero-order valence-corrected chi connectivity index (χ0v) is 15.3. The number of benzene rings is 2. The van der Waals surface area contributed by atoms with Gasteiger partial charge in [0.05, 0.1) is 17.3 Å². The van der Waals surface area contributed by atoms with Gasteiger partial charge in [-0.25, -0.2) is 9.78 Å². The number of rotatable bonds is 5. The summed E-state index contributed by atoms with van der Waals surface area (Å²) >= 11 is 1.43. The minimum Gasteiger partial charge on any atom is -0.453 e. The van der Waals surface area contributed by atoms with E-state index >= 15 is 0 Å². The summed E-state index contributed by atoms with van der Waals surface area (Å²) in [5, 5.41) is 3.21. The maximum Gasteiger partial charge on any atom is 0.407 e. The van der Waals surface area contributed by atoms with Gasteiger partial charge < -0.3 is 10.1 Å². The number of methoxy groups -OCH3 is 1. The van der Waals surface area contributed by atoms with Gasteiger partial charge in [0, 0.05) is 13.5 Å². The molecule has 0 fully saturated rings. The van der Waals surface area contributed by atoms with Crippen LogP contribution in [0.5, 0.6) is 0 Å². The number of carbonyl (C=O) groups is 2. The average Bonchev–Trinajstić information content (AvgIpc) is 3.11. The van der Waals surface area contributed by atoms with Crippen molar-refractivity contribution in [3.63, 3.8) is 0 Å². The van der Waals surface area contributed by atoms with Crippen LogP contribution in [0.15, 0.2) is 54.6 Å². The monoisotopic (exact) mass is 369 g/mol. The molecule has 1 atom stereocenters. The fourth-order valence-corrected chi connectivity index (χ4v) is 3.52. The highest BCUT2D eigenvalue weighted by atomic mass is 32.1. The van der Waals surface area contributed by atoms with E-state index in [-0.39, 0.29) is 5.91 Å². The van der Waals surface area contributed by atoms with Crippen LogP contribution < -0.4 is 10.2 Å². The van der Waals surface area contributed by atoms with Crippen molar-refractivity contribution < 1.29 is 14.3 Å². The first kappa shape index (κ1) is 17.9. The molecule has 1 unspecified atom stereocenters. The number of amides is 2. The summed E-state index contributed by atoms with van der Waals surface area (Å²) in [7, 11) is 2.94. The zero-order chi connectivity index (χ0) is 18.5. The highest BCUT2D eigenvalue weighted by molar-refractivity contribution is 7.22. The zero-order valence-electron chi connectivity index (χ0n) is 14.5. The van der Waals surface area contributed by atoms with E-state index < -0.39 is 12.1 Å². The van der Waals surface area contributed by atoms with Crippen molar-refractivity contribution in [2.75, 3.05) is 19.1 Å². The van der Waals surface area contributed by atoms with Gasteiger partial charge in [0.25, 0.3) is 5.91 Å². The van der Waals surface area contributed by atoms with Crippen LogP contribution in [0, 0.1) is 0 Å². The van der Waals surface area contributed by atoms with E-state index in [0.717, 1.165) is 15.8 Å². The van der Waals surface area contributed by atoms with Gasteiger partial charge in [-0.3, -0.25) is 9.69 Å². The largest absolute Gasteiger partial charge is 0.453 e. The maximum atomic E-state index is 13.0. The molecule has 0 radical (unpaired) electrons. The van der Waals surface area contributed by atoms with Gasteiger partial charge in [0.1, 0.15) is 6.04 Å². The average molecular weight is 369 g/mol. The Bertz CT molecular complexity index is 878. The third kappa shape index (κ3) is 4.00. The number of likely N-dealkylation sites (N-methyl/N-ethyl adjacent to an activating group) is 1. The summed E-state index contributed by atoms with van der Waals surface area (Å²) in [6.45, 7) is 0. The van der Waals surface area contributed by atoms with Gasteiger partial charge in [-0.15, -0.1) is 0 Å². The Morgan fingerprint density at radius 1 is 1.15 bits per heavy atom. The molecule has 134 valence electrons. The molecule has 1 aromatic heterocycles. The van der Waals surface area contributed by atoms with E-state index in [1.807, 2.05) is 54.6 Å². The Kier molecular flexibility index (Phi) is 5.48. The molecule has 1 heterocycles. The summed E-state index contributed by atoms with van der Waals surface area (Å²) in [5.74, 6) is -0.252. The lowest BCUT2D eigenvalue weighted by Gasteiger charge is -2.22. The number of hydrogen-bond acceptors (Lipinski definition) is 5. The summed E-state index contributed by atoms with van der Waals surface area (Å²) < 4.78 is 5.67. The number of thiazole rings is 1. The van der Waals surface area contributed by atoms with E-state index in [2.05, 4.69) is 15.0 Å². The molecular formula is C19H19N3O3S. The lowest BCUT2D eigenvalue weighted by atomic mass is 10.1. The van der Waals surface area contributed by atoms with Crippen molar-refractivity contribution >= 4 is 38.7 Å². The van der Waals surface area contributed by atoms with Crippen LogP contribution in [0.1, 0.15) is 5.56 Å². The first-order valence-electron chi connectivity index (χ1n) is 8.10. The molecule has 0 aliphatic carbocycles. The quantitative estimate of drug-likeness (QED) is 0.749. The third-order valence-corrected chi connectivity index (χ3v) is 5.07. The molecule has 6 nitrogen and oxygen atoms in total. The Hall–Kier alpha value is -2.93. The summed E-state index contributed by atoms with van der Waals surface area (Å²) in [5.41, 5.74) is 1.78. The summed E-state index contributed by atoms with van der Waals surface area (Å²) in [6, 6.07) is 16.5. The number of ether oxygens (including phenoxy) is 1. The molecule has 26 heavy (non-hydrogen) atoms. The Morgan fingerprint density at radius 3 is 2.54 bits per heavy atom. The van der Waals surface area contributed by atoms with Gasteiger partial charge in [-0.2, -0.15) is 0 Å². The number of alkyl carbamates (subject to hydrolysis) is 1. The molecule has 2 amide bonds. The normalized spacial score (nSPS) is 11.8. The van der Waals surface area contributed by atoms with Crippen LogP contribution in [0.3, 0.4) is 0 Å².